The van der Waals surface area contributed by atoms with E-state index < -0.39 is 4.92 Å². The number of allylic oxidation sites excluding steroid dienone is 1. The van der Waals surface area contributed by atoms with E-state index in [0.29, 0.717) is 11.1 Å². The van der Waals surface area contributed by atoms with Gasteiger partial charge in [-0.3, -0.25) is 10.1 Å². The Labute approximate surface area is 92.7 Å². The van der Waals surface area contributed by atoms with Gasteiger partial charge in [-0.1, -0.05) is 6.58 Å². The van der Waals surface area contributed by atoms with Crippen molar-refractivity contribution >= 4 is 11.3 Å². The molecule has 0 aliphatic heterocycles. The van der Waals surface area contributed by atoms with Gasteiger partial charge >= 0.3 is 5.69 Å². The lowest BCUT2D eigenvalue weighted by Gasteiger charge is -2.08. The highest BCUT2D eigenvalue weighted by molar-refractivity contribution is 5.73. The average Bonchev–Trinajstić information content (AvgIpc) is 2.26. The minimum atomic E-state index is -0.577. The van der Waals surface area contributed by atoms with Gasteiger partial charge in [0.15, 0.2) is 0 Å². The highest BCUT2D eigenvalue weighted by Gasteiger charge is 2.20. The fourth-order valence-corrected chi connectivity index (χ4v) is 1.35. The Kier molecular flexibility index (Phi) is 3.26. The number of rotatable bonds is 3. The monoisotopic (exact) mass is 218 g/mol. The Balaban J connectivity index is 3.61. The third-order valence-corrected chi connectivity index (χ3v) is 2.06. The number of methoxy groups -OCH3 is 1. The van der Waals surface area contributed by atoms with Crippen LogP contribution in [0.5, 0.6) is 5.75 Å². The molecular weight excluding hydrogens is 208 g/mol. The maximum atomic E-state index is 10.8. The average molecular weight is 218 g/mol. The number of benzene rings is 1. The van der Waals surface area contributed by atoms with Crippen LogP contribution in [0.25, 0.3) is 5.57 Å². The number of nitriles is 1. The summed E-state index contributed by atoms with van der Waals surface area (Å²) in [5.74, 6) is 0.136. The molecule has 0 saturated heterocycles. The highest BCUT2D eigenvalue weighted by atomic mass is 16.6. The van der Waals surface area contributed by atoms with Gasteiger partial charge < -0.3 is 4.74 Å². The standard InChI is InChI=1S/C11H10N2O3/c1-7(2)9-4-8(6-12)5-10(13(14)15)11(9)16-3/h4-5H,1H2,2-3H3. The van der Waals surface area contributed by atoms with E-state index >= 15 is 0 Å². The fourth-order valence-electron chi connectivity index (χ4n) is 1.35. The van der Waals surface area contributed by atoms with Crippen molar-refractivity contribution in [1.82, 2.24) is 0 Å². The minimum Gasteiger partial charge on any atom is -0.490 e. The number of ether oxygens (including phenoxy) is 1. The first-order valence-corrected chi connectivity index (χ1v) is 4.43. The normalized spacial score (nSPS) is 9.31. The summed E-state index contributed by atoms with van der Waals surface area (Å²) in [6.45, 7) is 5.39. The largest absolute Gasteiger partial charge is 0.490 e. The molecule has 0 atom stereocenters. The molecule has 1 aromatic rings. The van der Waals surface area contributed by atoms with Crippen molar-refractivity contribution in [3.63, 3.8) is 0 Å². The first-order chi connectivity index (χ1) is 7.51. The van der Waals surface area contributed by atoms with E-state index in [1.807, 2.05) is 6.07 Å². The van der Waals surface area contributed by atoms with Crippen LogP contribution in [0.2, 0.25) is 0 Å². The first kappa shape index (κ1) is 11.7. The van der Waals surface area contributed by atoms with E-state index in [2.05, 4.69) is 6.58 Å². The van der Waals surface area contributed by atoms with Crippen LogP contribution in [0, 0.1) is 21.4 Å². The molecular formula is C11H10N2O3. The van der Waals surface area contributed by atoms with Gasteiger partial charge in [0.05, 0.1) is 23.7 Å². The predicted molar refractivity (Wildman–Crippen MR) is 59.1 cm³/mol. The molecule has 0 saturated carbocycles. The summed E-state index contributed by atoms with van der Waals surface area (Å²) in [4.78, 5) is 10.2. The topological polar surface area (TPSA) is 76.2 Å². The second-order valence-electron chi connectivity index (χ2n) is 3.23. The van der Waals surface area contributed by atoms with Crippen molar-refractivity contribution in [3.05, 3.63) is 40.0 Å². The third kappa shape index (κ3) is 2.01. The third-order valence-electron chi connectivity index (χ3n) is 2.06. The summed E-state index contributed by atoms with van der Waals surface area (Å²) in [6, 6.07) is 4.58. The Hall–Kier alpha value is -2.35. The van der Waals surface area contributed by atoms with Gasteiger partial charge in [-0.15, -0.1) is 0 Å². The van der Waals surface area contributed by atoms with E-state index in [4.69, 9.17) is 10.00 Å². The van der Waals surface area contributed by atoms with Crippen LogP contribution in [0.4, 0.5) is 5.69 Å². The summed E-state index contributed by atoms with van der Waals surface area (Å²) in [6.07, 6.45) is 0. The smallest absolute Gasteiger partial charge is 0.312 e. The van der Waals surface area contributed by atoms with Crippen LogP contribution < -0.4 is 4.74 Å². The predicted octanol–water partition coefficient (Wildman–Crippen LogP) is 2.51. The molecule has 82 valence electrons. The van der Waals surface area contributed by atoms with Gasteiger partial charge in [-0.05, 0) is 18.6 Å². The molecule has 0 aromatic heterocycles. The van der Waals surface area contributed by atoms with Crippen molar-refractivity contribution in [2.24, 2.45) is 0 Å². The maximum absolute atomic E-state index is 10.8. The highest BCUT2D eigenvalue weighted by Crippen LogP contribution is 2.35. The van der Waals surface area contributed by atoms with Crippen LogP contribution in [-0.4, -0.2) is 12.0 Å². The second-order valence-corrected chi connectivity index (χ2v) is 3.23. The van der Waals surface area contributed by atoms with Crippen molar-refractivity contribution in [2.75, 3.05) is 7.11 Å². The van der Waals surface area contributed by atoms with Gasteiger partial charge in [-0.2, -0.15) is 5.26 Å². The van der Waals surface area contributed by atoms with E-state index in [-0.39, 0.29) is 17.0 Å². The second kappa shape index (κ2) is 4.45. The fraction of sp³-hybridized carbons (Fsp3) is 0.182. The Morgan fingerprint density at radius 2 is 2.25 bits per heavy atom. The molecule has 0 fully saturated rings. The van der Waals surface area contributed by atoms with Crippen molar-refractivity contribution in [2.45, 2.75) is 6.92 Å². The molecule has 1 rings (SSSR count). The molecule has 0 bridgehead atoms. The zero-order valence-electron chi connectivity index (χ0n) is 8.98. The summed E-state index contributed by atoms with van der Waals surface area (Å²) >= 11 is 0. The molecule has 0 N–H and O–H groups in total. The van der Waals surface area contributed by atoms with E-state index in [1.165, 1.54) is 19.2 Å². The van der Waals surface area contributed by atoms with E-state index in [9.17, 15) is 10.1 Å². The van der Waals surface area contributed by atoms with E-state index in [0.717, 1.165) is 0 Å². The van der Waals surface area contributed by atoms with Crippen LogP contribution >= 0.6 is 0 Å². The quantitative estimate of drug-likeness (QED) is 0.577. The van der Waals surface area contributed by atoms with Crippen LogP contribution in [0.3, 0.4) is 0 Å². The van der Waals surface area contributed by atoms with Crippen LogP contribution in [0.15, 0.2) is 18.7 Å². The van der Waals surface area contributed by atoms with Gasteiger partial charge in [-0.25, -0.2) is 0 Å². The lowest BCUT2D eigenvalue weighted by Crippen LogP contribution is -1.98. The minimum absolute atomic E-state index is 0.136. The lowest BCUT2D eigenvalue weighted by molar-refractivity contribution is -0.385. The zero-order chi connectivity index (χ0) is 12.3. The SMILES string of the molecule is C=C(C)c1cc(C#N)cc([N+](=O)[O-])c1OC. The molecule has 0 amide bonds. The Morgan fingerprint density at radius 3 is 2.62 bits per heavy atom. The zero-order valence-corrected chi connectivity index (χ0v) is 8.98. The van der Waals surface area contributed by atoms with E-state index in [1.54, 1.807) is 6.92 Å². The van der Waals surface area contributed by atoms with Crippen LogP contribution in [0.1, 0.15) is 18.1 Å². The van der Waals surface area contributed by atoms with Gasteiger partial charge in [0.1, 0.15) is 0 Å². The van der Waals surface area contributed by atoms with Crippen molar-refractivity contribution in [3.8, 4) is 11.8 Å². The van der Waals surface area contributed by atoms with Gasteiger partial charge in [0.2, 0.25) is 5.75 Å². The van der Waals surface area contributed by atoms with Crippen molar-refractivity contribution < 1.29 is 9.66 Å². The number of nitrogens with zero attached hydrogens (tertiary/aromatic N) is 2. The number of nitro benzene ring substituents is 1. The van der Waals surface area contributed by atoms with Crippen LogP contribution in [-0.2, 0) is 0 Å². The Morgan fingerprint density at radius 1 is 1.62 bits per heavy atom. The van der Waals surface area contributed by atoms with Gasteiger partial charge in [0, 0.05) is 11.6 Å². The number of nitro groups is 1. The molecule has 0 aliphatic rings. The Bertz CT molecular complexity index is 465. The maximum Gasteiger partial charge on any atom is 0.312 e. The molecule has 5 nitrogen and oxygen atoms in total. The number of hydrogen-bond donors (Lipinski definition) is 0. The first-order valence-electron chi connectivity index (χ1n) is 4.43. The molecule has 1 aromatic carbocycles. The molecule has 0 aliphatic carbocycles. The molecule has 0 heterocycles. The van der Waals surface area contributed by atoms with Crippen molar-refractivity contribution in [1.29, 1.82) is 5.26 Å². The van der Waals surface area contributed by atoms with Gasteiger partial charge in [0.25, 0.3) is 0 Å². The summed E-state index contributed by atoms with van der Waals surface area (Å²) < 4.78 is 4.99. The molecule has 0 radical (unpaired) electrons. The summed E-state index contributed by atoms with van der Waals surface area (Å²) in [5, 5.41) is 19.6. The molecule has 0 unspecified atom stereocenters. The molecule has 5 heteroatoms. The summed E-state index contributed by atoms with van der Waals surface area (Å²) in [7, 11) is 1.35. The summed E-state index contributed by atoms with van der Waals surface area (Å²) in [5.41, 5.74) is 1.08. The molecule has 16 heavy (non-hydrogen) atoms. The molecule has 0 spiro atoms. The number of hydrogen-bond acceptors (Lipinski definition) is 4. The lowest BCUT2D eigenvalue weighted by atomic mass is 10.0.